The molecule has 0 unspecified atom stereocenters. The second-order valence-corrected chi connectivity index (χ2v) is 8.72. The fourth-order valence-corrected chi connectivity index (χ4v) is 4.27. The lowest BCUT2D eigenvalue weighted by atomic mass is 10.2. The first-order valence-corrected chi connectivity index (χ1v) is 11.0. The highest BCUT2D eigenvalue weighted by Gasteiger charge is 2.19. The van der Waals surface area contributed by atoms with Crippen molar-refractivity contribution in [2.24, 2.45) is 0 Å². The number of benzene rings is 2. The van der Waals surface area contributed by atoms with Gasteiger partial charge in [0, 0.05) is 42.0 Å². The Morgan fingerprint density at radius 2 is 2.00 bits per heavy atom. The predicted molar refractivity (Wildman–Crippen MR) is 122 cm³/mol. The van der Waals surface area contributed by atoms with Gasteiger partial charge < -0.3 is 15.8 Å². The Labute approximate surface area is 181 Å². The molecule has 1 aliphatic rings. The summed E-state index contributed by atoms with van der Waals surface area (Å²) in [5, 5.41) is 3.52. The number of fused-ring (bicyclic) bond motifs is 1. The van der Waals surface area contributed by atoms with E-state index in [1.165, 1.54) is 11.3 Å². The Balaban J connectivity index is 1.56. The quantitative estimate of drug-likeness (QED) is 0.582. The van der Waals surface area contributed by atoms with Crippen LogP contribution in [0.4, 0.5) is 21.3 Å². The van der Waals surface area contributed by atoms with E-state index in [1.807, 2.05) is 42.5 Å². The SMILES string of the molecule is Nc1nc2ccc(N(CCN3CCOCC3)C(=O)Nc3ccc(Br)cc3)cc2s1. The molecule has 1 aromatic heterocycles. The smallest absolute Gasteiger partial charge is 0.326 e. The first kappa shape index (κ1) is 20.1. The van der Waals surface area contributed by atoms with Gasteiger partial charge in [-0.05, 0) is 42.5 Å². The molecule has 7 nitrogen and oxygen atoms in total. The van der Waals surface area contributed by atoms with Crippen LogP contribution in [0, 0.1) is 0 Å². The number of nitrogen functional groups attached to an aromatic ring is 1. The number of nitrogens with one attached hydrogen (secondary N) is 1. The van der Waals surface area contributed by atoms with Crippen LogP contribution in [0.25, 0.3) is 10.2 Å². The molecule has 2 amide bonds. The number of thiazole rings is 1. The predicted octanol–water partition coefficient (Wildman–Crippen LogP) is 4.01. The second kappa shape index (κ2) is 9.08. The largest absolute Gasteiger partial charge is 0.379 e. The minimum absolute atomic E-state index is 0.169. The zero-order valence-electron chi connectivity index (χ0n) is 15.8. The number of ether oxygens (including phenoxy) is 1. The average Bonchev–Trinajstić information content (AvgIpc) is 3.10. The molecule has 2 heterocycles. The lowest BCUT2D eigenvalue weighted by Crippen LogP contribution is -2.44. The van der Waals surface area contributed by atoms with Crippen LogP contribution in [0.5, 0.6) is 0 Å². The van der Waals surface area contributed by atoms with Crippen molar-refractivity contribution < 1.29 is 9.53 Å². The number of carbonyl (C=O) groups is 1. The van der Waals surface area contributed by atoms with Crippen LogP contribution < -0.4 is 16.0 Å². The molecule has 2 aromatic carbocycles. The molecule has 9 heteroatoms. The summed E-state index contributed by atoms with van der Waals surface area (Å²) in [5.41, 5.74) is 8.26. The summed E-state index contributed by atoms with van der Waals surface area (Å²) in [6, 6.07) is 13.2. The maximum Gasteiger partial charge on any atom is 0.326 e. The number of aromatic nitrogens is 1. The fourth-order valence-electron chi connectivity index (χ4n) is 3.24. The van der Waals surface area contributed by atoms with E-state index in [0.717, 1.165) is 58.9 Å². The highest BCUT2D eigenvalue weighted by atomic mass is 79.9. The van der Waals surface area contributed by atoms with E-state index in [2.05, 4.69) is 31.1 Å². The van der Waals surface area contributed by atoms with Gasteiger partial charge in [-0.3, -0.25) is 9.80 Å². The molecule has 0 atom stereocenters. The highest BCUT2D eigenvalue weighted by molar-refractivity contribution is 9.10. The summed E-state index contributed by atoms with van der Waals surface area (Å²) < 4.78 is 7.35. The summed E-state index contributed by atoms with van der Waals surface area (Å²) in [7, 11) is 0. The number of carbonyl (C=O) groups excluding carboxylic acids is 1. The minimum atomic E-state index is -0.169. The number of morpholine rings is 1. The Hall–Kier alpha value is -2.20. The van der Waals surface area contributed by atoms with Crippen molar-refractivity contribution in [1.29, 1.82) is 0 Å². The lowest BCUT2D eigenvalue weighted by Gasteiger charge is -2.30. The van der Waals surface area contributed by atoms with Crippen LogP contribution in [-0.2, 0) is 4.74 Å². The van der Waals surface area contributed by atoms with Crippen molar-refractivity contribution >= 4 is 60.0 Å². The molecule has 1 fully saturated rings. The van der Waals surface area contributed by atoms with Gasteiger partial charge in [-0.2, -0.15) is 0 Å². The van der Waals surface area contributed by atoms with Crippen LogP contribution in [0.2, 0.25) is 0 Å². The first-order valence-electron chi connectivity index (χ1n) is 9.39. The van der Waals surface area contributed by atoms with E-state index in [0.29, 0.717) is 11.7 Å². The Morgan fingerprint density at radius 1 is 1.24 bits per heavy atom. The van der Waals surface area contributed by atoms with Gasteiger partial charge in [0.15, 0.2) is 5.13 Å². The highest BCUT2D eigenvalue weighted by Crippen LogP contribution is 2.28. The summed E-state index contributed by atoms with van der Waals surface area (Å²) in [6.45, 7) is 4.58. The Bertz CT molecular complexity index is 988. The number of nitrogens with zero attached hydrogens (tertiary/aromatic N) is 3. The summed E-state index contributed by atoms with van der Waals surface area (Å²) >= 11 is 4.84. The van der Waals surface area contributed by atoms with E-state index in [4.69, 9.17) is 10.5 Å². The van der Waals surface area contributed by atoms with Gasteiger partial charge in [0.2, 0.25) is 0 Å². The van der Waals surface area contributed by atoms with Gasteiger partial charge in [-0.15, -0.1) is 0 Å². The molecule has 0 radical (unpaired) electrons. The van der Waals surface area contributed by atoms with Crippen LogP contribution in [-0.4, -0.2) is 55.3 Å². The maximum atomic E-state index is 13.1. The van der Waals surface area contributed by atoms with E-state index < -0.39 is 0 Å². The summed E-state index contributed by atoms with van der Waals surface area (Å²) in [4.78, 5) is 21.5. The zero-order valence-corrected chi connectivity index (χ0v) is 18.2. The van der Waals surface area contributed by atoms with Crippen molar-refractivity contribution in [3.63, 3.8) is 0 Å². The Kier molecular flexibility index (Phi) is 6.29. The molecular formula is C20H22BrN5O2S. The number of halogens is 1. The molecule has 152 valence electrons. The molecular weight excluding hydrogens is 454 g/mol. The van der Waals surface area contributed by atoms with E-state index in [9.17, 15) is 4.79 Å². The number of anilines is 3. The van der Waals surface area contributed by atoms with Gasteiger partial charge in [0.1, 0.15) is 0 Å². The zero-order chi connectivity index (χ0) is 20.2. The molecule has 0 aliphatic carbocycles. The van der Waals surface area contributed by atoms with E-state index >= 15 is 0 Å². The average molecular weight is 476 g/mol. The van der Waals surface area contributed by atoms with Crippen molar-refractivity contribution in [3.05, 3.63) is 46.9 Å². The molecule has 0 spiro atoms. The van der Waals surface area contributed by atoms with Crippen LogP contribution in [0.3, 0.4) is 0 Å². The molecule has 3 aromatic rings. The monoisotopic (exact) mass is 475 g/mol. The van der Waals surface area contributed by atoms with Gasteiger partial charge in [0.05, 0.1) is 23.4 Å². The van der Waals surface area contributed by atoms with Crippen molar-refractivity contribution in [2.75, 3.05) is 55.3 Å². The number of urea groups is 1. The topological polar surface area (TPSA) is 83.7 Å². The first-order chi connectivity index (χ1) is 14.1. The van der Waals surface area contributed by atoms with Gasteiger partial charge in [-0.25, -0.2) is 9.78 Å². The number of amides is 2. The van der Waals surface area contributed by atoms with Crippen LogP contribution in [0.15, 0.2) is 46.9 Å². The molecule has 29 heavy (non-hydrogen) atoms. The lowest BCUT2D eigenvalue weighted by molar-refractivity contribution is 0.0393. The third kappa shape index (κ3) is 5.05. The number of nitrogens with two attached hydrogens (primary N) is 1. The van der Waals surface area contributed by atoms with Gasteiger partial charge in [-0.1, -0.05) is 27.3 Å². The number of hydrogen-bond donors (Lipinski definition) is 2. The molecule has 3 N–H and O–H groups in total. The van der Waals surface area contributed by atoms with Crippen LogP contribution in [0.1, 0.15) is 0 Å². The van der Waals surface area contributed by atoms with Gasteiger partial charge in [0.25, 0.3) is 0 Å². The maximum absolute atomic E-state index is 13.1. The number of hydrogen-bond acceptors (Lipinski definition) is 6. The van der Waals surface area contributed by atoms with Crippen molar-refractivity contribution in [2.45, 2.75) is 0 Å². The Morgan fingerprint density at radius 3 is 2.76 bits per heavy atom. The third-order valence-electron chi connectivity index (χ3n) is 4.78. The van der Waals surface area contributed by atoms with E-state index in [-0.39, 0.29) is 6.03 Å². The van der Waals surface area contributed by atoms with Crippen molar-refractivity contribution in [3.8, 4) is 0 Å². The summed E-state index contributed by atoms with van der Waals surface area (Å²) in [5.74, 6) is 0. The normalized spacial score (nSPS) is 14.8. The van der Waals surface area contributed by atoms with E-state index in [1.54, 1.807) is 4.90 Å². The standard InChI is InChI=1S/C20H22BrN5O2S/c21-14-1-3-15(4-2-14)23-20(27)26(8-7-25-9-11-28-12-10-25)16-5-6-17-18(13-16)29-19(22)24-17/h1-6,13H,7-12H2,(H2,22,24)(H,23,27). The third-order valence-corrected chi connectivity index (χ3v) is 6.16. The van der Waals surface area contributed by atoms with Crippen molar-refractivity contribution in [1.82, 2.24) is 9.88 Å². The second-order valence-electron chi connectivity index (χ2n) is 6.75. The molecule has 4 rings (SSSR count). The van der Waals surface area contributed by atoms with Crippen LogP contribution >= 0.6 is 27.3 Å². The summed E-state index contributed by atoms with van der Waals surface area (Å²) in [6.07, 6.45) is 0. The molecule has 1 saturated heterocycles. The van der Waals surface area contributed by atoms with Gasteiger partial charge >= 0.3 is 6.03 Å². The number of rotatable bonds is 5. The fraction of sp³-hybridized carbons (Fsp3) is 0.300. The minimum Gasteiger partial charge on any atom is -0.379 e. The molecule has 0 bridgehead atoms. The molecule has 1 aliphatic heterocycles. The molecule has 0 saturated carbocycles.